The van der Waals surface area contributed by atoms with Crippen LogP contribution in [0.1, 0.15) is 17.1 Å². The molecule has 8 nitrogen and oxygen atoms in total. The van der Waals surface area contributed by atoms with E-state index in [4.69, 9.17) is 0 Å². The summed E-state index contributed by atoms with van der Waals surface area (Å²) in [5, 5.41) is 14.3. The van der Waals surface area contributed by atoms with Gasteiger partial charge in [0.1, 0.15) is 6.54 Å². The summed E-state index contributed by atoms with van der Waals surface area (Å²) in [6.07, 6.45) is 4.97. The van der Waals surface area contributed by atoms with E-state index >= 15 is 0 Å². The first kappa shape index (κ1) is 25.9. The van der Waals surface area contributed by atoms with Gasteiger partial charge in [0.15, 0.2) is 5.82 Å². The van der Waals surface area contributed by atoms with Gasteiger partial charge in [-0.2, -0.15) is 4.68 Å². The Labute approximate surface area is 225 Å². The Bertz CT molecular complexity index is 1550. The number of fused-ring (bicyclic) bond motifs is 3. The van der Waals surface area contributed by atoms with Gasteiger partial charge in [0.25, 0.3) is 5.91 Å². The number of halogens is 2. The number of carbonyl (C=O) groups is 1. The van der Waals surface area contributed by atoms with E-state index in [1.54, 1.807) is 22.0 Å². The lowest BCUT2D eigenvalue weighted by molar-refractivity contribution is -0.116. The second kappa shape index (κ2) is 11.3. The summed E-state index contributed by atoms with van der Waals surface area (Å²) in [6, 6.07) is 25.7. The van der Waals surface area contributed by atoms with E-state index in [2.05, 4.69) is 31.6 Å². The first-order valence-electron chi connectivity index (χ1n) is 11.4. The SMILES string of the molecule is Cl.Cl.O=C1CN=Cc2ccc3ccccc3c2N1c1ccc(-n2nnnc2CCc2ccccn2)cc1. The van der Waals surface area contributed by atoms with Crippen LogP contribution in [0.2, 0.25) is 0 Å². The van der Waals surface area contributed by atoms with E-state index in [1.807, 2.05) is 72.8 Å². The van der Waals surface area contributed by atoms with Crippen LogP contribution in [0.25, 0.3) is 16.5 Å². The largest absolute Gasteiger partial charge is 0.283 e. The van der Waals surface area contributed by atoms with Crippen LogP contribution in [0.15, 0.2) is 90.1 Å². The van der Waals surface area contributed by atoms with Gasteiger partial charge in [0, 0.05) is 41.2 Å². The smallest absolute Gasteiger partial charge is 0.253 e. The summed E-state index contributed by atoms with van der Waals surface area (Å²) >= 11 is 0. The molecule has 6 rings (SSSR count). The molecule has 0 spiro atoms. The van der Waals surface area contributed by atoms with Crippen molar-refractivity contribution in [1.82, 2.24) is 25.2 Å². The molecule has 1 aliphatic heterocycles. The third-order valence-corrected chi connectivity index (χ3v) is 6.08. The molecular formula is C27H23Cl2N7O. The monoisotopic (exact) mass is 531 g/mol. The summed E-state index contributed by atoms with van der Waals surface area (Å²) in [4.78, 5) is 23.6. The molecule has 186 valence electrons. The molecule has 0 saturated carbocycles. The molecule has 1 amide bonds. The molecule has 3 heterocycles. The Kier molecular flexibility index (Phi) is 7.91. The average Bonchev–Trinajstić information content (AvgIpc) is 3.31. The fourth-order valence-corrected chi connectivity index (χ4v) is 4.41. The zero-order chi connectivity index (χ0) is 23.6. The number of rotatable bonds is 5. The molecule has 0 bridgehead atoms. The van der Waals surface area contributed by atoms with Crippen molar-refractivity contribution >= 4 is 59.1 Å². The van der Waals surface area contributed by atoms with Crippen molar-refractivity contribution in [3.05, 3.63) is 102 Å². The maximum atomic E-state index is 13.2. The molecular weight excluding hydrogens is 509 g/mol. The highest BCUT2D eigenvalue weighted by molar-refractivity contribution is 6.15. The van der Waals surface area contributed by atoms with Gasteiger partial charge in [-0.05, 0) is 58.6 Å². The average molecular weight is 532 g/mol. The Morgan fingerprint density at radius 3 is 2.41 bits per heavy atom. The summed E-state index contributed by atoms with van der Waals surface area (Å²) in [5.74, 6) is 0.668. The van der Waals surface area contributed by atoms with Gasteiger partial charge in [0.2, 0.25) is 0 Å². The number of anilines is 2. The highest BCUT2D eigenvalue weighted by Crippen LogP contribution is 2.36. The lowest BCUT2D eigenvalue weighted by atomic mass is 10.0. The quantitative estimate of drug-likeness (QED) is 0.320. The van der Waals surface area contributed by atoms with Gasteiger partial charge in [-0.15, -0.1) is 29.9 Å². The maximum Gasteiger partial charge on any atom is 0.253 e. The minimum Gasteiger partial charge on any atom is -0.283 e. The Morgan fingerprint density at radius 2 is 1.59 bits per heavy atom. The van der Waals surface area contributed by atoms with Crippen LogP contribution in [0.3, 0.4) is 0 Å². The molecule has 5 aromatic rings. The number of tetrazole rings is 1. The number of nitrogens with zero attached hydrogens (tertiary/aromatic N) is 7. The Morgan fingerprint density at radius 1 is 0.811 bits per heavy atom. The molecule has 10 heteroatoms. The molecule has 3 aromatic carbocycles. The van der Waals surface area contributed by atoms with E-state index in [9.17, 15) is 4.79 Å². The van der Waals surface area contributed by atoms with Gasteiger partial charge in [-0.25, -0.2) is 0 Å². The predicted octanol–water partition coefficient (Wildman–Crippen LogP) is 4.94. The van der Waals surface area contributed by atoms with Crippen LogP contribution in [0.5, 0.6) is 0 Å². The van der Waals surface area contributed by atoms with Gasteiger partial charge in [0.05, 0.1) is 11.4 Å². The number of pyridine rings is 1. The molecule has 0 fully saturated rings. The van der Waals surface area contributed by atoms with Crippen molar-refractivity contribution in [2.45, 2.75) is 12.8 Å². The standard InChI is InChI=1S/C27H21N7O.2ClH/c35-26-18-28-17-20-9-8-19-5-1-2-7-24(19)27(20)33(26)22-11-13-23(14-12-22)34-25(30-31-32-34)15-10-21-6-3-4-16-29-21;;/h1-9,11-14,16-17H,10,15,18H2;2*1H. The Balaban J connectivity index is 0.00000160. The number of aromatic nitrogens is 5. The topological polar surface area (TPSA) is 89.2 Å². The molecule has 1 aliphatic rings. The number of amides is 1. The lowest BCUT2D eigenvalue weighted by Gasteiger charge is -2.24. The van der Waals surface area contributed by atoms with E-state index < -0.39 is 0 Å². The first-order chi connectivity index (χ1) is 17.3. The van der Waals surface area contributed by atoms with Gasteiger partial charge in [-0.1, -0.05) is 42.5 Å². The zero-order valence-electron chi connectivity index (χ0n) is 19.6. The summed E-state index contributed by atoms with van der Waals surface area (Å²) in [7, 11) is 0. The third-order valence-electron chi connectivity index (χ3n) is 6.08. The fraction of sp³-hybridized carbons (Fsp3) is 0.111. The summed E-state index contributed by atoms with van der Waals surface area (Å²) in [6.45, 7) is 0.0927. The zero-order valence-corrected chi connectivity index (χ0v) is 21.3. The summed E-state index contributed by atoms with van der Waals surface area (Å²) < 4.78 is 1.73. The number of hydrogen-bond acceptors (Lipinski definition) is 6. The van der Waals surface area contributed by atoms with Crippen LogP contribution < -0.4 is 4.90 Å². The van der Waals surface area contributed by atoms with Gasteiger partial charge in [-0.3, -0.25) is 19.7 Å². The van der Waals surface area contributed by atoms with E-state index in [-0.39, 0.29) is 37.3 Å². The molecule has 0 aliphatic carbocycles. The number of aliphatic imine (C=N–C) groups is 1. The highest BCUT2D eigenvalue weighted by atomic mass is 35.5. The van der Waals surface area contributed by atoms with Crippen molar-refractivity contribution < 1.29 is 4.79 Å². The maximum absolute atomic E-state index is 13.2. The minimum absolute atomic E-state index is 0. The number of benzene rings is 3. The van der Waals surface area contributed by atoms with Crippen LogP contribution >= 0.6 is 24.8 Å². The van der Waals surface area contributed by atoms with Crippen LogP contribution in [0.4, 0.5) is 11.4 Å². The number of hydrogen-bond donors (Lipinski definition) is 0. The van der Waals surface area contributed by atoms with Crippen molar-refractivity contribution in [2.75, 3.05) is 11.4 Å². The van der Waals surface area contributed by atoms with E-state index in [0.29, 0.717) is 6.42 Å². The molecule has 0 radical (unpaired) electrons. The van der Waals surface area contributed by atoms with E-state index in [1.165, 1.54) is 0 Å². The normalized spacial score (nSPS) is 12.4. The van der Waals surface area contributed by atoms with Crippen LogP contribution in [-0.2, 0) is 17.6 Å². The Hall–Kier alpha value is -4.14. The van der Waals surface area contributed by atoms with Crippen LogP contribution in [-0.4, -0.2) is 43.9 Å². The number of aryl methyl sites for hydroxylation is 2. The van der Waals surface area contributed by atoms with Crippen molar-refractivity contribution in [2.24, 2.45) is 4.99 Å². The minimum atomic E-state index is -0.0809. The lowest BCUT2D eigenvalue weighted by Crippen LogP contribution is -2.27. The first-order valence-corrected chi connectivity index (χ1v) is 11.4. The highest BCUT2D eigenvalue weighted by Gasteiger charge is 2.24. The second-order valence-corrected chi connectivity index (χ2v) is 8.27. The van der Waals surface area contributed by atoms with Crippen molar-refractivity contribution in [3.8, 4) is 5.69 Å². The fourth-order valence-electron chi connectivity index (χ4n) is 4.41. The predicted molar refractivity (Wildman–Crippen MR) is 149 cm³/mol. The van der Waals surface area contributed by atoms with E-state index in [0.717, 1.165) is 51.3 Å². The summed E-state index contributed by atoms with van der Waals surface area (Å²) in [5.41, 5.74) is 4.35. The molecule has 2 aromatic heterocycles. The van der Waals surface area contributed by atoms with Crippen LogP contribution in [0, 0.1) is 0 Å². The number of carbonyl (C=O) groups excluding carboxylic acids is 1. The molecule has 0 saturated heterocycles. The molecule has 0 atom stereocenters. The third kappa shape index (κ3) is 5.07. The van der Waals surface area contributed by atoms with Gasteiger partial charge >= 0.3 is 0 Å². The van der Waals surface area contributed by atoms with Crippen molar-refractivity contribution in [1.29, 1.82) is 0 Å². The molecule has 37 heavy (non-hydrogen) atoms. The molecule has 0 N–H and O–H groups in total. The van der Waals surface area contributed by atoms with Crippen molar-refractivity contribution in [3.63, 3.8) is 0 Å². The second-order valence-electron chi connectivity index (χ2n) is 8.27. The molecule has 0 unspecified atom stereocenters. The van der Waals surface area contributed by atoms with Gasteiger partial charge < -0.3 is 0 Å².